The first-order valence-electron chi connectivity index (χ1n) is 3.45. The van der Waals surface area contributed by atoms with Crippen molar-refractivity contribution in [3.63, 3.8) is 0 Å². The van der Waals surface area contributed by atoms with Crippen LogP contribution in [0.3, 0.4) is 0 Å². The molecule has 0 saturated heterocycles. The molecule has 0 bridgehead atoms. The molecule has 0 amide bonds. The number of hydrogen-bond donors (Lipinski definition) is 1. The van der Waals surface area contributed by atoms with Crippen LogP contribution in [0.2, 0.25) is 0 Å². The SMILES string of the molecule is CNS(=O)[O-].Cc1ccccc1. The molecule has 12 heavy (non-hydrogen) atoms. The Morgan fingerprint density at radius 3 is 1.92 bits per heavy atom. The highest BCUT2D eigenvalue weighted by molar-refractivity contribution is 7.77. The van der Waals surface area contributed by atoms with Crippen molar-refractivity contribution in [1.82, 2.24) is 4.72 Å². The van der Waals surface area contributed by atoms with Crippen LogP contribution in [0.25, 0.3) is 0 Å². The molecule has 1 rings (SSSR count). The smallest absolute Gasteiger partial charge is 0.0178 e. The van der Waals surface area contributed by atoms with Gasteiger partial charge in [0, 0.05) is 11.3 Å². The van der Waals surface area contributed by atoms with E-state index in [0.29, 0.717) is 0 Å². The van der Waals surface area contributed by atoms with Gasteiger partial charge in [0.15, 0.2) is 0 Å². The number of aryl methyl sites for hydroxylation is 1. The van der Waals surface area contributed by atoms with Crippen LogP contribution in [0.15, 0.2) is 30.3 Å². The van der Waals surface area contributed by atoms with E-state index in [2.05, 4.69) is 19.1 Å². The number of benzene rings is 1. The molecule has 1 aromatic carbocycles. The highest BCUT2D eigenvalue weighted by Gasteiger charge is 1.72. The summed E-state index contributed by atoms with van der Waals surface area (Å²) in [6.07, 6.45) is 0. The lowest BCUT2D eigenvalue weighted by Gasteiger charge is -1.95. The highest BCUT2D eigenvalue weighted by atomic mass is 32.2. The third-order valence-corrected chi connectivity index (χ3v) is 1.44. The molecule has 0 aliphatic carbocycles. The van der Waals surface area contributed by atoms with Crippen molar-refractivity contribution >= 4 is 11.3 Å². The van der Waals surface area contributed by atoms with Crippen molar-refractivity contribution in [2.24, 2.45) is 0 Å². The minimum absolute atomic E-state index is 1.32. The zero-order valence-corrected chi connectivity index (χ0v) is 7.93. The van der Waals surface area contributed by atoms with Gasteiger partial charge in [0.2, 0.25) is 0 Å². The molecule has 0 aliphatic heterocycles. The average molecular weight is 186 g/mol. The second-order valence-corrected chi connectivity index (χ2v) is 2.97. The fraction of sp³-hybridized carbons (Fsp3) is 0.250. The Hall–Kier alpha value is -0.710. The number of hydrogen-bond acceptors (Lipinski definition) is 2. The molecule has 0 aliphatic rings. The van der Waals surface area contributed by atoms with Gasteiger partial charge in [0.1, 0.15) is 0 Å². The van der Waals surface area contributed by atoms with Crippen LogP contribution in [-0.2, 0) is 11.3 Å². The molecule has 1 atom stereocenters. The Morgan fingerprint density at radius 1 is 1.33 bits per heavy atom. The molecule has 4 heteroatoms. The van der Waals surface area contributed by atoms with Crippen molar-refractivity contribution in [3.8, 4) is 0 Å². The molecule has 0 radical (unpaired) electrons. The molecule has 0 aromatic heterocycles. The molecule has 1 unspecified atom stereocenters. The molecule has 1 aromatic rings. The van der Waals surface area contributed by atoms with Crippen molar-refractivity contribution in [1.29, 1.82) is 0 Å². The zero-order valence-electron chi connectivity index (χ0n) is 7.11. The lowest BCUT2D eigenvalue weighted by molar-refractivity contribution is 0.529. The predicted molar refractivity (Wildman–Crippen MR) is 49.2 cm³/mol. The molecular formula is C8H12NO2S-. The summed E-state index contributed by atoms with van der Waals surface area (Å²) in [7, 11) is 1.34. The maximum Gasteiger partial charge on any atom is 0.0178 e. The zero-order chi connectivity index (χ0) is 9.40. The summed E-state index contributed by atoms with van der Waals surface area (Å²) in [4.78, 5) is 0. The molecule has 0 heterocycles. The van der Waals surface area contributed by atoms with Crippen molar-refractivity contribution in [2.75, 3.05) is 7.05 Å². The summed E-state index contributed by atoms with van der Waals surface area (Å²) in [5, 5.41) is 0. The Morgan fingerprint density at radius 2 is 1.75 bits per heavy atom. The molecule has 3 nitrogen and oxygen atoms in total. The van der Waals surface area contributed by atoms with E-state index in [9.17, 15) is 8.76 Å². The maximum absolute atomic E-state index is 9.26. The van der Waals surface area contributed by atoms with Crippen LogP contribution in [0.5, 0.6) is 0 Å². The average Bonchev–Trinajstić information content (AvgIpc) is 2.07. The molecular weight excluding hydrogens is 174 g/mol. The fourth-order valence-electron chi connectivity index (χ4n) is 0.534. The van der Waals surface area contributed by atoms with E-state index < -0.39 is 11.3 Å². The van der Waals surface area contributed by atoms with Gasteiger partial charge < -0.3 is 4.55 Å². The third kappa shape index (κ3) is 7.40. The Labute approximate surface area is 75.2 Å². The monoisotopic (exact) mass is 186 g/mol. The van der Waals surface area contributed by atoms with Gasteiger partial charge in [-0.15, -0.1) is 0 Å². The normalized spacial score (nSPS) is 11.2. The van der Waals surface area contributed by atoms with Gasteiger partial charge in [0.05, 0.1) is 0 Å². The van der Waals surface area contributed by atoms with Gasteiger partial charge in [-0.05, 0) is 14.0 Å². The number of nitrogens with one attached hydrogen (secondary N) is 1. The van der Waals surface area contributed by atoms with Crippen LogP contribution in [0.4, 0.5) is 0 Å². The van der Waals surface area contributed by atoms with Gasteiger partial charge in [-0.3, -0.25) is 8.93 Å². The van der Waals surface area contributed by atoms with E-state index in [4.69, 9.17) is 0 Å². The van der Waals surface area contributed by atoms with Crippen LogP contribution in [-0.4, -0.2) is 15.8 Å². The lowest BCUT2D eigenvalue weighted by Crippen LogP contribution is -2.07. The number of rotatable bonds is 1. The first kappa shape index (κ1) is 11.3. The first-order valence-corrected chi connectivity index (χ1v) is 4.52. The molecule has 0 spiro atoms. The molecule has 0 saturated carbocycles. The minimum atomic E-state index is -2.07. The van der Waals surface area contributed by atoms with Crippen LogP contribution in [0, 0.1) is 6.92 Å². The second-order valence-electron chi connectivity index (χ2n) is 2.09. The largest absolute Gasteiger partial charge is 0.760 e. The summed E-state index contributed by atoms with van der Waals surface area (Å²) in [5.74, 6) is 0. The van der Waals surface area contributed by atoms with Crippen molar-refractivity contribution in [2.45, 2.75) is 6.92 Å². The van der Waals surface area contributed by atoms with Gasteiger partial charge in [0.25, 0.3) is 0 Å². The molecule has 68 valence electrons. The minimum Gasteiger partial charge on any atom is -0.760 e. The van der Waals surface area contributed by atoms with E-state index in [0.717, 1.165) is 0 Å². The third-order valence-electron chi connectivity index (χ3n) is 1.11. The van der Waals surface area contributed by atoms with Crippen molar-refractivity contribution < 1.29 is 8.76 Å². The summed E-state index contributed by atoms with van der Waals surface area (Å²) in [6.45, 7) is 2.08. The second kappa shape index (κ2) is 6.97. The molecule has 1 N–H and O–H groups in total. The van der Waals surface area contributed by atoms with Gasteiger partial charge >= 0.3 is 0 Å². The van der Waals surface area contributed by atoms with E-state index in [1.165, 1.54) is 12.6 Å². The van der Waals surface area contributed by atoms with Crippen LogP contribution in [0.1, 0.15) is 5.56 Å². The topological polar surface area (TPSA) is 52.2 Å². The summed E-state index contributed by atoms with van der Waals surface area (Å²) >= 11 is -2.07. The van der Waals surface area contributed by atoms with E-state index in [1.807, 2.05) is 22.9 Å². The summed E-state index contributed by atoms with van der Waals surface area (Å²) in [6, 6.07) is 10.3. The van der Waals surface area contributed by atoms with Gasteiger partial charge in [-0.1, -0.05) is 35.9 Å². The summed E-state index contributed by atoms with van der Waals surface area (Å²) in [5.41, 5.74) is 1.32. The van der Waals surface area contributed by atoms with Gasteiger partial charge in [-0.2, -0.15) is 0 Å². The van der Waals surface area contributed by atoms with E-state index in [1.54, 1.807) is 0 Å². The maximum atomic E-state index is 9.26. The fourth-order valence-corrected chi connectivity index (χ4v) is 0.534. The molecule has 0 fully saturated rings. The van der Waals surface area contributed by atoms with E-state index in [-0.39, 0.29) is 0 Å². The summed E-state index contributed by atoms with van der Waals surface area (Å²) < 4.78 is 20.5. The predicted octanol–water partition coefficient (Wildman–Crippen LogP) is 0.995. The Bertz CT molecular complexity index is 226. The Kier molecular flexibility index (Phi) is 6.55. The Balaban J connectivity index is 0.000000217. The van der Waals surface area contributed by atoms with E-state index >= 15 is 0 Å². The van der Waals surface area contributed by atoms with Crippen molar-refractivity contribution in [3.05, 3.63) is 35.9 Å². The first-order chi connectivity index (χ1) is 5.66. The van der Waals surface area contributed by atoms with Gasteiger partial charge in [-0.25, -0.2) is 0 Å². The standard InChI is InChI=1S/C7H8.CH5NO2S/c1-7-5-3-2-4-6-7;1-2-5(3)4/h2-6H,1H3;2H,1H3,(H,3,4)/p-1. The van der Waals surface area contributed by atoms with Crippen LogP contribution >= 0.6 is 0 Å². The van der Waals surface area contributed by atoms with Crippen LogP contribution < -0.4 is 4.72 Å². The highest BCUT2D eigenvalue weighted by Crippen LogP contribution is 1.92. The lowest BCUT2D eigenvalue weighted by atomic mass is 10.2. The quantitative estimate of drug-likeness (QED) is 0.665.